The Kier molecular flexibility index (Phi) is 5.48. The molecule has 7 nitrogen and oxygen atoms in total. The van der Waals surface area contributed by atoms with Crippen molar-refractivity contribution in [3.8, 4) is 17.1 Å². The largest absolute Gasteiger partial charge is 0.495 e. The summed E-state index contributed by atoms with van der Waals surface area (Å²) in [5, 5.41) is 15.5. The van der Waals surface area contributed by atoms with Gasteiger partial charge in [-0.25, -0.2) is 4.98 Å². The Morgan fingerprint density at radius 1 is 1.07 bits per heavy atom. The molecule has 0 aliphatic carbocycles. The first-order chi connectivity index (χ1) is 14.0. The smallest absolute Gasteiger partial charge is 0.180 e. The molecule has 3 N–H and O–H groups in total. The van der Waals surface area contributed by atoms with Crippen LogP contribution in [0, 0.1) is 0 Å². The van der Waals surface area contributed by atoms with E-state index in [4.69, 9.17) is 40.2 Å². The van der Waals surface area contributed by atoms with E-state index in [1.165, 1.54) is 0 Å². The Morgan fingerprint density at radius 3 is 2.59 bits per heavy atom. The number of imidazole rings is 1. The van der Waals surface area contributed by atoms with E-state index in [0.29, 0.717) is 43.8 Å². The van der Waals surface area contributed by atoms with Gasteiger partial charge in [-0.3, -0.25) is 0 Å². The number of H-pyrrole nitrogens is 1. The molecule has 0 atom stereocenters. The van der Waals surface area contributed by atoms with E-state index in [2.05, 4.69) is 30.8 Å². The minimum atomic E-state index is 0.356. The summed E-state index contributed by atoms with van der Waals surface area (Å²) in [5.41, 5.74) is 3.52. The molecule has 2 aromatic heterocycles. The molecule has 4 rings (SSSR count). The standard InChI is InChI=1S/C19H14Cl2N6OS/c1-28-16-3-2-10(17-24-14-4-5-22-27-18(14)26-17)6-15(16)25-19(29)23-13-8-11(20)7-12(21)9-13/h2-9H,1H3,(H2,23,25,29)(H,24,26,27). The van der Waals surface area contributed by atoms with Crippen LogP contribution >= 0.6 is 35.4 Å². The van der Waals surface area contributed by atoms with Gasteiger partial charge in [0.1, 0.15) is 17.1 Å². The van der Waals surface area contributed by atoms with Gasteiger partial charge in [-0.15, -0.1) is 5.10 Å². The van der Waals surface area contributed by atoms with Crippen molar-refractivity contribution in [3.63, 3.8) is 0 Å². The number of thiocarbonyl (C=S) groups is 1. The van der Waals surface area contributed by atoms with E-state index in [1.807, 2.05) is 18.2 Å². The number of rotatable bonds is 4. The predicted molar refractivity (Wildman–Crippen MR) is 120 cm³/mol. The number of halogens is 2. The molecule has 10 heteroatoms. The first kappa shape index (κ1) is 19.4. The van der Waals surface area contributed by atoms with Crippen molar-refractivity contribution in [1.29, 1.82) is 0 Å². The number of ether oxygens (including phenoxy) is 1. The van der Waals surface area contributed by atoms with Crippen molar-refractivity contribution in [2.45, 2.75) is 0 Å². The van der Waals surface area contributed by atoms with E-state index in [1.54, 1.807) is 37.6 Å². The second kappa shape index (κ2) is 8.20. The maximum Gasteiger partial charge on any atom is 0.180 e. The first-order valence-electron chi connectivity index (χ1n) is 8.42. The van der Waals surface area contributed by atoms with Crippen LogP contribution < -0.4 is 15.4 Å². The number of fused-ring (bicyclic) bond motifs is 1. The lowest BCUT2D eigenvalue weighted by Gasteiger charge is -2.14. The summed E-state index contributed by atoms with van der Waals surface area (Å²) in [6.45, 7) is 0. The normalized spacial score (nSPS) is 10.7. The maximum atomic E-state index is 6.04. The number of benzene rings is 2. The molecule has 2 aromatic carbocycles. The van der Waals surface area contributed by atoms with Gasteiger partial charge in [-0.2, -0.15) is 5.10 Å². The Hall–Kier alpha value is -2.94. The number of aromatic nitrogens is 4. The molecule has 0 saturated heterocycles. The third-order valence-electron chi connectivity index (χ3n) is 4.01. The summed E-state index contributed by atoms with van der Waals surface area (Å²) in [4.78, 5) is 7.69. The Balaban J connectivity index is 1.60. The summed E-state index contributed by atoms with van der Waals surface area (Å²) in [5.74, 6) is 1.28. The van der Waals surface area contributed by atoms with Crippen LogP contribution in [0.25, 0.3) is 22.6 Å². The molecular weight excluding hydrogens is 431 g/mol. The van der Waals surface area contributed by atoms with E-state index in [-0.39, 0.29) is 0 Å². The lowest BCUT2D eigenvalue weighted by atomic mass is 10.1. The fraction of sp³-hybridized carbons (Fsp3) is 0.0526. The van der Waals surface area contributed by atoms with Crippen LogP contribution in [0.5, 0.6) is 5.75 Å². The number of hydrogen-bond acceptors (Lipinski definition) is 5. The number of nitrogens with one attached hydrogen (secondary N) is 3. The van der Waals surface area contributed by atoms with Crippen molar-refractivity contribution in [1.82, 2.24) is 20.2 Å². The summed E-state index contributed by atoms with van der Waals surface area (Å²) in [6, 6.07) is 12.5. The van der Waals surface area contributed by atoms with E-state index < -0.39 is 0 Å². The van der Waals surface area contributed by atoms with Crippen LogP contribution in [-0.4, -0.2) is 32.4 Å². The van der Waals surface area contributed by atoms with Gasteiger partial charge in [0.25, 0.3) is 0 Å². The lowest BCUT2D eigenvalue weighted by molar-refractivity contribution is 0.417. The number of aromatic amines is 1. The van der Waals surface area contributed by atoms with Crippen molar-refractivity contribution in [3.05, 3.63) is 58.7 Å². The molecule has 4 aromatic rings. The zero-order valence-electron chi connectivity index (χ0n) is 15.0. The Bertz CT molecular complexity index is 1160. The monoisotopic (exact) mass is 444 g/mol. The molecule has 0 amide bonds. The minimum absolute atomic E-state index is 0.356. The molecule has 0 saturated carbocycles. The van der Waals surface area contributed by atoms with Crippen molar-refractivity contribution >= 4 is 63.1 Å². The molecular formula is C19H14Cl2N6OS. The fourth-order valence-electron chi connectivity index (χ4n) is 2.77. The molecule has 0 aliphatic heterocycles. The van der Waals surface area contributed by atoms with Crippen LogP contribution in [0.15, 0.2) is 48.7 Å². The predicted octanol–water partition coefficient (Wildman–Crippen LogP) is 5.14. The maximum absolute atomic E-state index is 6.04. The van der Waals surface area contributed by atoms with Gasteiger partial charge in [-0.1, -0.05) is 23.2 Å². The van der Waals surface area contributed by atoms with Gasteiger partial charge in [0, 0.05) is 21.3 Å². The summed E-state index contributed by atoms with van der Waals surface area (Å²) < 4.78 is 5.44. The minimum Gasteiger partial charge on any atom is -0.495 e. The topological polar surface area (TPSA) is 87.8 Å². The number of hydrogen-bond donors (Lipinski definition) is 3. The third-order valence-corrected chi connectivity index (χ3v) is 4.65. The quantitative estimate of drug-likeness (QED) is 0.375. The molecule has 29 heavy (non-hydrogen) atoms. The highest BCUT2D eigenvalue weighted by Gasteiger charge is 2.11. The van der Waals surface area contributed by atoms with E-state index in [0.717, 1.165) is 11.1 Å². The molecule has 0 unspecified atom stereocenters. The Labute approximate surface area is 181 Å². The highest BCUT2D eigenvalue weighted by Crippen LogP contribution is 2.30. The van der Waals surface area contributed by atoms with Gasteiger partial charge in [0.2, 0.25) is 0 Å². The van der Waals surface area contributed by atoms with Crippen LogP contribution in [-0.2, 0) is 0 Å². The second-order valence-corrected chi connectivity index (χ2v) is 7.28. The molecule has 0 radical (unpaired) electrons. The average Bonchev–Trinajstić information content (AvgIpc) is 3.11. The fourth-order valence-corrected chi connectivity index (χ4v) is 3.52. The van der Waals surface area contributed by atoms with Crippen LogP contribution in [0.2, 0.25) is 10.0 Å². The van der Waals surface area contributed by atoms with Gasteiger partial charge >= 0.3 is 0 Å². The molecule has 0 bridgehead atoms. The summed E-state index contributed by atoms with van der Waals surface area (Å²) >= 11 is 17.5. The highest BCUT2D eigenvalue weighted by atomic mass is 35.5. The Morgan fingerprint density at radius 2 is 1.86 bits per heavy atom. The SMILES string of the molecule is COc1ccc(-c2nc3ccnnc3[nH]2)cc1NC(=S)Nc1cc(Cl)cc(Cl)c1. The molecule has 0 fully saturated rings. The van der Waals surface area contributed by atoms with Gasteiger partial charge in [0.15, 0.2) is 10.8 Å². The van der Waals surface area contributed by atoms with Gasteiger partial charge in [0.05, 0.1) is 19.0 Å². The van der Waals surface area contributed by atoms with Crippen molar-refractivity contribution < 1.29 is 4.74 Å². The molecule has 2 heterocycles. The highest BCUT2D eigenvalue weighted by molar-refractivity contribution is 7.80. The average molecular weight is 445 g/mol. The zero-order valence-corrected chi connectivity index (χ0v) is 17.4. The molecule has 0 spiro atoms. The van der Waals surface area contributed by atoms with Crippen LogP contribution in [0.4, 0.5) is 11.4 Å². The summed E-state index contributed by atoms with van der Waals surface area (Å²) in [6.07, 6.45) is 1.60. The second-order valence-electron chi connectivity index (χ2n) is 6.00. The number of nitrogens with zero attached hydrogens (tertiary/aromatic N) is 3. The van der Waals surface area contributed by atoms with Gasteiger partial charge < -0.3 is 20.4 Å². The molecule has 146 valence electrons. The van der Waals surface area contributed by atoms with Crippen LogP contribution in [0.1, 0.15) is 0 Å². The van der Waals surface area contributed by atoms with Crippen LogP contribution in [0.3, 0.4) is 0 Å². The van der Waals surface area contributed by atoms with Gasteiger partial charge in [-0.05, 0) is 54.7 Å². The number of methoxy groups -OCH3 is 1. The third kappa shape index (κ3) is 4.40. The van der Waals surface area contributed by atoms with E-state index >= 15 is 0 Å². The number of anilines is 2. The van der Waals surface area contributed by atoms with Crippen molar-refractivity contribution in [2.24, 2.45) is 0 Å². The summed E-state index contributed by atoms with van der Waals surface area (Å²) in [7, 11) is 1.59. The van der Waals surface area contributed by atoms with Crippen molar-refractivity contribution in [2.75, 3.05) is 17.7 Å². The van der Waals surface area contributed by atoms with E-state index in [9.17, 15) is 0 Å². The lowest BCUT2D eigenvalue weighted by Crippen LogP contribution is -2.19. The first-order valence-corrected chi connectivity index (χ1v) is 9.58. The molecule has 0 aliphatic rings. The zero-order chi connectivity index (χ0) is 20.4.